The summed E-state index contributed by atoms with van der Waals surface area (Å²) in [5, 5.41) is 19.7. The molecule has 1 aliphatic rings. The van der Waals surface area contributed by atoms with Gasteiger partial charge in [-0.25, -0.2) is 0 Å². The second kappa shape index (κ2) is 9.68. The maximum absolute atomic E-state index is 13.9. The summed E-state index contributed by atoms with van der Waals surface area (Å²) in [6, 6.07) is 7.08. The number of aromatic nitrogens is 2. The zero-order chi connectivity index (χ0) is 24.5. The van der Waals surface area contributed by atoms with Crippen LogP contribution in [0, 0.1) is 0 Å². The second-order valence-corrected chi connectivity index (χ2v) is 8.97. The van der Waals surface area contributed by atoms with Gasteiger partial charge in [0, 0.05) is 5.56 Å². The van der Waals surface area contributed by atoms with Crippen LogP contribution in [-0.4, -0.2) is 60.0 Å². The lowest BCUT2D eigenvalue weighted by atomic mass is 9.86. The molecular formula is C25H30F2N4O3. The van der Waals surface area contributed by atoms with E-state index in [1.165, 1.54) is 18.2 Å². The highest BCUT2D eigenvalue weighted by molar-refractivity contribution is 6.07. The lowest BCUT2D eigenvalue weighted by Gasteiger charge is -2.30. The summed E-state index contributed by atoms with van der Waals surface area (Å²) in [6.07, 6.45) is 3.58. The number of fused-ring (bicyclic) bond motifs is 1. The number of carbonyl (C=O) groups excluding carboxylic acids is 1. The van der Waals surface area contributed by atoms with E-state index in [-0.39, 0.29) is 17.4 Å². The number of H-pyrrole nitrogens is 1. The van der Waals surface area contributed by atoms with Crippen LogP contribution in [0.1, 0.15) is 58.8 Å². The van der Waals surface area contributed by atoms with E-state index in [9.17, 15) is 13.6 Å². The van der Waals surface area contributed by atoms with E-state index in [0.717, 1.165) is 42.6 Å². The van der Waals surface area contributed by atoms with Crippen molar-refractivity contribution >= 4 is 16.8 Å². The number of ether oxygens (including phenoxy) is 1. The van der Waals surface area contributed by atoms with E-state index in [0.29, 0.717) is 16.6 Å². The summed E-state index contributed by atoms with van der Waals surface area (Å²) < 4.78 is 33.6. The molecule has 2 aromatic carbocycles. The molecule has 0 bridgehead atoms. The summed E-state index contributed by atoms with van der Waals surface area (Å²) in [4.78, 5) is 15.6. The van der Waals surface area contributed by atoms with Crippen molar-refractivity contribution in [2.45, 2.75) is 37.6 Å². The van der Waals surface area contributed by atoms with Crippen LogP contribution in [0.15, 0.2) is 36.5 Å². The minimum atomic E-state index is -3.35. The molecule has 0 spiro atoms. The first-order chi connectivity index (χ1) is 16.2. The predicted octanol–water partition coefficient (Wildman–Crippen LogP) is 3.96. The number of benzene rings is 2. The van der Waals surface area contributed by atoms with Gasteiger partial charge in [-0.3, -0.25) is 9.89 Å². The number of nitrogens with one attached hydrogen (secondary N) is 2. The van der Waals surface area contributed by atoms with Gasteiger partial charge in [0.25, 0.3) is 11.8 Å². The van der Waals surface area contributed by atoms with E-state index < -0.39 is 18.6 Å². The maximum Gasteiger partial charge on any atom is 0.295 e. The Balaban J connectivity index is 1.65. The number of aliphatic hydroxyl groups excluding tert-OH is 1. The van der Waals surface area contributed by atoms with Gasteiger partial charge >= 0.3 is 0 Å². The fourth-order valence-corrected chi connectivity index (χ4v) is 4.63. The molecule has 0 aliphatic carbocycles. The average Bonchev–Trinajstić information content (AvgIpc) is 3.33. The molecule has 34 heavy (non-hydrogen) atoms. The fourth-order valence-electron chi connectivity index (χ4n) is 4.63. The average molecular weight is 473 g/mol. The van der Waals surface area contributed by atoms with Crippen LogP contribution in [0.5, 0.6) is 5.75 Å². The summed E-state index contributed by atoms with van der Waals surface area (Å²) in [6.45, 7) is 2.38. The van der Waals surface area contributed by atoms with Crippen LogP contribution < -0.4 is 10.1 Å². The number of likely N-dealkylation sites (tertiary alicyclic amines) is 1. The van der Waals surface area contributed by atoms with Gasteiger partial charge in [0.15, 0.2) is 0 Å². The number of piperidine rings is 1. The van der Waals surface area contributed by atoms with Crippen molar-refractivity contribution in [1.82, 2.24) is 20.4 Å². The molecule has 1 saturated heterocycles. The highest BCUT2D eigenvalue weighted by Crippen LogP contribution is 2.40. The second-order valence-electron chi connectivity index (χ2n) is 8.97. The molecule has 1 aliphatic heterocycles. The maximum atomic E-state index is 13.9. The molecule has 9 heteroatoms. The first-order valence-electron chi connectivity index (χ1n) is 11.4. The Kier molecular flexibility index (Phi) is 6.86. The standard InChI is InChI=1S/C25H30F2N4O3/c1-15(17-5-4-6-18(11-17)25(26,27)14-32)29-24(33)20-12-19(16-7-9-31(2)10-8-16)23(34-3)21-13-28-30-22(20)21/h4-6,11-13,15-16,32H,7-10,14H2,1-3H3,(H,28,30)(H,29,33). The largest absolute Gasteiger partial charge is 0.496 e. The van der Waals surface area contributed by atoms with Gasteiger partial charge in [-0.1, -0.05) is 18.2 Å². The van der Waals surface area contributed by atoms with Crippen molar-refractivity contribution in [1.29, 1.82) is 0 Å². The van der Waals surface area contributed by atoms with E-state index >= 15 is 0 Å². The van der Waals surface area contributed by atoms with Gasteiger partial charge in [0.1, 0.15) is 12.4 Å². The van der Waals surface area contributed by atoms with Crippen molar-refractivity contribution in [2.75, 3.05) is 33.9 Å². The summed E-state index contributed by atoms with van der Waals surface area (Å²) >= 11 is 0. The van der Waals surface area contributed by atoms with Crippen LogP contribution in [-0.2, 0) is 5.92 Å². The molecule has 4 rings (SSSR count). The molecule has 3 aromatic rings. The molecule has 1 amide bonds. The van der Waals surface area contributed by atoms with Crippen LogP contribution >= 0.6 is 0 Å². The van der Waals surface area contributed by atoms with Gasteiger partial charge < -0.3 is 20.1 Å². The van der Waals surface area contributed by atoms with Crippen molar-refractivity contribution in [3.05, 3.63) is 58.8 Å². The molecule has 182 valence electrons. The molecule has 0 saturated carbocycles. The molecule has 7 nitrogen and oxygen atoms in total. The van der Waals surface area contributed by atoms with Crippen LogP contribution in [0.2, 0.25) is 0 Å². The fraction of sp³-hybridized carbons (Fsp3) is 0.440. The van der Waals surface area contributed by atoms with Gasteiger partial charge in [-0.05, 0) is 69.1 Å². The first kappa shape index (κ1) is 24.1. The van der Waals surface area contributed by atoms with Crippen LogP contribution in [0.4, 0.5) is 8.78 Å². The number of aliphatic hydroxyl groups is 1. The Morgan fingerprint density at radius 1 is 1.35 bits per heavy atom. The highest BCUT2D eigenvalue weighted by atomic mass is 19.3. The number of amides is 1. The van der Waals surface area contributed by atoms with Gasteiger partial charge in [-0.2, -0.15) is 13.9 Å². The quantitative estimate of drug-likeness (QED) is 0.484. The summed E-state index contributed by atoms with van der Waals surface area (Å²) in [7, 11) is 3.72. The third kappa shape index (κ3) is 4.63. The Hall–Kier alpha value is -3.04. The third-order valence-corrected chi connectivity index (χ3v) is 6.68. The third-order valence-electron chi connectivity index (χ3n) is 6.68. The SMILES string of the molecule is COc1c(C2CCN(C)CC2)cc(C(=O)NC(C)c2cccc(C(F)(F)CO)c2)c2[nH]ncc12. The normalized spacial score (nSPS) is 16.5. The molecular weight excluding hydrogens is 442 g/mol. The lowest BCUT2D eigenvalue weighted by molar-refractivity contribution is -0.0556. The molecule has 3 N–H and O–H groups in total. The first-order valence-corrected chi connectivity index (χ1v) is 11.4. The number of hydrogen-bond donors (Lipinski definition) is 3. The number of carbonyl (C=O) groups is 1. The van der Waals surface area contributed by atoms with Crippen molar-refractivity contribution < 1.29 is 23.4 Å². The van der Waals surface area contributed by atoms with E-state index in [1.54, 1.807) is 26.3 Å². The number of halogens is 2. The molecule has 0 radical (unpaired) electrons. The van der Waals surface area contributed by atoms with Crippen molar-refractivity contribution in [3.8, 4) is 5.75 Å². The summed E-state index contributed by atoms with van der Waals surface area (Å²) in [5.41, 5.74) is 2.21. The Labute approximate surface area is 197 Å². The molecule has 1 aromatic heterocycles. The Morgan fingerprint density at radius 2 is 2.09 bits per heavy atom. The van der Waals surface area contributed by atoms with Gasteiger partial charge in [0.2, 0.25) is 0 Å². The monoisotopic (exact) mass is 472 g/mol. The number of methoxy groups -OCH3 is 1. The van der Waals surface area contributed by atoms with Gasteiger partial charge in [-0.15, -0.1) is 0 Å². The Morgan fingerprint density at radius 3 is 2.76 bits per heavy atom. The smallest absolute Gasteiger partial charge is 0.295 e. The molecule has 1 fully saturated rings. The van der Waals surface area contributed by atoms with Gasteiger partial charge in [0.05, 0.1) is 35.8 Å². The van der Waals surface area contributed by atoms with Crippen molar-refractivity contribution in [3.63, 3.8) is 0 Å². The minimum Gasteiger partial charge on any atom is -0.496 e. The van der Waals surface area contributed by atoms with E-state index in [4.69, 9.17) is 9.84 Å². The zero-order valence-electron chi connectivity index (χ0n) is 19.6. The number of nitrogens with zero attached hydrogens (tertiary/aromatic N) is 2. The number of aromatic amines is 1. The number of alkyl halides is 2. The van der Waals surface area contributed by atoms with Crippen LogP contribution in [0.3, 0.4) is 0 Å². The predicted molar refractivity (Wildman–Crippen MR) is 125 cm³/mol. The topological polar surface area (TPSA) is 90.5 Å². The zero-order valence-corrected chi connectivity index (χ0v) is 19.6. The van der Waals surface area contributed by atoms with E-state index in [2.05, 4.69) is 27.5 Å². The molecule has 1 unspecified atom stereocenters. The van der Waals surface area contributed by atoms with Crippen LogP contribution in [0.25, 0.3) is 10.9 Å². The lowest BCUT2D eigenvalue weighted by Crippen LogP contribution is -2.30. The van der Waals surface area contributed by atoms with E-state index in [1.807, 2.05) is 6.07 Å². The number of rotatable bonds is 7. The minimum absolute atomic E-state index is 0.256. The Bertz CT molecular complexity index is 1170. The highest BCUT2D eigenvalue weighted by Gasteiger charge is 2.31. The molecule has 1 atom stereocenters. The number of hydrogen-bond acceptors (Lipinski definition) is 5. The summed E-state index contributed by atoms with van der Waals surface area (Å²) in [5.74, 6) is -2.70. The molecule has 2 heterocycles. The van der Waals surface area contributed by atoms with Crippen molar-refractivity contribution in [2.24, 2.45) is 0 Å².